The Hall–Kier alpha value is -2.43. The average Bonchev–Trinajstić information content (AvgIpc) is 2.88. The minimum absolute atomic E-state index is 0.0686. The van der Waals surface area contributed by atoms with E-state index in [4.69, 9.17) is 5.73 Å². The van der Waals surface area contributed by atoms with E-state index in [0.29, 0.717) is 12.0 Å². The molecule has 1 heterocycles. The molecule has 1 aromatic carbocycles. The number of amides is 1. The number of carbonyl (C=O) groups is 2. The van der Waals surface area contributed by atoms with Crippen LogP contribution in [0.4, 0.5) is 0 Å². The third-order valence-electron chi connectivity index (χ3n) is 2.60. The first-order valence-electron chi connectivity index (χ1n) is 5.61. The van der Waals surface area contributed by atoms with Gasteiger partial charge in [-0.05, 0) is 18.2 Å². The van der Waals surface area contributed by atoms with Crippen LogP contribution in [0.1, 0.15) is 34.2 Å². The van der Waals surface area contributed by atoms with E-state index in [2.05, 4.69) is 5.10 Å². The fraction of sp³-hybridized carbons (Fsp3) is 0.154. The van der Waals surface area contributed by atoms with E-state index in [1.807, 2.05) is 13.0 Å². The second kappa shape index (κ2) is 4.83. The molecule has 0 aliphatic heterocycles. The standard InChI is InChI=1S/C13H13N3O2/c1-2-12(17)9-4-3-5-10(8-9)16-7-6-11(15-16)13(14)18/h3-8H,2H2,1H3,(H2,14,18). The monoisotopic (exact) mass is 243 g/mol. The molecule has 18 heavy (non-hydrogen) atoms. The number of aromatic nitrogens is 2. The van der Waals surface area contributed by atoms with Crippen LogP contribution < -0.4 is 5.73 Å². The molecule has 2 N–H and O–H groups in total. The molecule has 0 atom stereocenters. The summed E-state index contributed by atoms with van der Waals surface area (Å²) in [5.41, 5.74) is 6.69. The van der Waals surface area contributed by atoms with Crippen molar-refractivity contribution in [2.24, 2.45) is 5.73 Å². The molecule has 5 heteroatoms. The minimum Gasteiger partial charge on any atom is -0.364 e. The van der Waals surface area contributed by atoms with Crippen LogP contribution in [0, 0.1) is 0 Å². The zero-order valence-corrected chi connectivity index (χ0v) is 9.96. The normalized spacial score (nSPS) is 10.3. The molecule has 2 aromatic rings. The molecule has 1 amide bonds. The van der Waals surface area contributed by atoms with Gasteiger partial charge in [-0.25, -0.2) is 4.68 Å². The summed E-state index contributed by atoms with van der Waals surface area (Å²) in [4.78, 5) is 22.6. The van der Waals surface area contributed by atoms with Gasteiger partial charge in [-0.15, -0.1) is 0 Å². The molecule has 0 spiro atoms. The second-order valence-corrected chi connectivity index (χ2v) is 3.84. The summed E-state index contributed by atoms with van der Waals surface area (Å²) in [6.45, 7) is 1.81. The Morgan fingerprint density at radius 3 is 2.72 bits per heavy atom. The molecule has 0 aliphatic rings. The van der Waals surface area contributed by atoms with Crippen molar-refractivity contribution < 1.29 is 9.59 Å². The van der Waals surface area contributed by atoms with Crippen LogP contribution in [0.15, 0.2) is 36.5 Å². The smallest absolute Gasteiger partial charge is 0.269 e. The molecular weight excluding hydrogens is 230 g/mol. The van der Waals surface area contributed by atoms with E-state index < -0.39 is 5.91 Å². The van der Waals surface area contributed by atoms with Crippen molar-refractivity contribution in [3.63, 3.8) is 0 Å². The summed E-state index contributed by atoms with van der Waals surface area (Å²) in [7, 11) is 0. The van der Waals surface area contributed by atoms with E-state index in [1.54, 1.807) is 24.4 Å². The molecule has 0 radical (unpaired) electrons. The lowest BCUT2D eigenvalue weighted by Crippen LogP contribution is -2.12. The van der Waals surface area contributed by atoms with Gasteiger partial charge in [0.2, 0.25) is 0 Å². The average molecular weight is 243 g/mol. The highest BCUT2D eigenvalue weighted by Gasteiger charge is 2.08. The topological polar surface area (TPSA) is 78.0 Å². The molecule has 5 nitrogen and oxygen atoms in total. The zero-order valence-electron chi connectivity index (χ0n) is 9.96. The summed E-state index contributed by atoms with van der Waals surface area (Å²) in [6, 6.07) is 8.63. The Morgan fingerprint density at radius 1 is 1.33 bits per heavy atom. The summed E-state index contributed by atoms with van der Waals surface area (Å²) < 4.78 is 1.52. The Labute approximate surface area is 104 Å². The SMILES string of the molecule is CCC(=O)c1cccc(-n2ccc(C(N)=O)n2)c1. The van der Waals surface area contributed by atoms with Gasteiger partial charge in [0.05, 0.1) is 5.69 Å². The molecule has 0 saturated heterocycles. The van der Waals surface area contributed by atoms with Gasteiger partial charge in [0, 0.05) is 18.2 Å². The number of nitrogens with zero attached hydrogens (tertiary/aromatic N) is 2. The van der Waals surface area contributed by atoms with E-state index in [9.17, 15) is 9.59 Å². The van der Waals surface area contributed by atoms with Crippen LogP contribution in [0.25, 0.3) is 5.69 Å². The van der Waals surface area contributed by atoms with Crippen molar-refractivity contribution in [2.75, 3.05) is 0 Å². The largest absolute Gasteiger partial charge is 0.364 e. The Bertz CT molecular complexity index is 602. The maximum absolute atomic E-state index is 11.6. The predicted octanol–water partition coefficient (Wildman–Crippen LogP) is 1.56. The van der Waals surface area contributed by atoms with Gasteiger partial charge in [0.15, 0.2) is 5.78 Å². The van der Waals surface area contributed by atoms with E-state index in [0.717, 1.165) is 5.69 Å². The third-order valence-corrected chi connectivity index (χ3v) is 2.60. The van der Waals surface area contributed by atoms with Crippen molar-refractivity contribution in [3.8, 4) is 5.69 Å². The highest BCUT2D eigenvalue weighted by molar-refractivity contribution is 5.96. The number of primary amides is 1. The van der Waals surface area contributed by atoms with Gasteiger partial charge in [0.1, 0.15) is 5.69 Å². The number of rotatable bonds is 4. The molecule has 1 aromatic heterocycles. The van der Waals surface area contributed by atoms with Crippen LogP contribution in [-0.2, 0) is 0 Å². The molecule has 0 saturated carbocycles. The molecule has 0 unspecified atom stereocenters. The maximum Gasteiger partial charge on any atom is 0.269 e. The zero-order chi connectivity index (χ0) is 13.1. The van der Waals surface area contributed by atoms with Gasteiger partial charge in [-0.2, -0.15) is 5.10 Å². The predicted molar refractivity (Wildman–Crippen MR) is 66.7 cm³/mol. The van der Waals surface area contributed by atoms with Crippen LogP contribution in [0.3, 0.4) is 0 Å². The van der Waals surface area contributed by atoms with Gasteiger partial charge in [-0.3, -0.25) is 9.59 Å². The molecule has 0 aliphatic carbocycles. The maximum atomic E-state index is 11.6. The molecule has 2 rings (SSSR count). The van der Waals surface area contributed by atoms with Crippen molar-refractivity contribution >= 4 is 11.7 Å². The quantitative estimate of drug-likeness (QED) is 0.828. The van der Waals surface area contributed by atoms with Crippen LogP contribution >= 0.6 is 0 Å². The highest BCUT2D eigenvalue weighted by Crippen LogP contribution is 2.12. The summed E-state index contributed by atoms with van der Waals surface area (Å²) in [6.07, 6.45) is 2.09. The first-order valence-corrected chi connectivity index (χ1v) is 5.61. The number of hydrogen-bond acceptors (Lipinski definition) is 3. The first kappa shape index (κ1) is 12.0. The first-order chi connectivity index (χ1) is 8.61. The minimum atomic E-state index is -0.575. The van der Waals surface area contributed by atoms with Crippen LogP contribution in [-0.4, -0.2) is 21.5 Å². The van der Waals surface area contributed by atoms with Crippen LogP contribution in [0.5, 0.6) is 0 Å². The Kier molecular flexibility index (Phi) is 3.23. The molecule has 92 valence electrons. The summed E-state index contributed by atoms with van der Waals surface area (Å²) in [5, 5.41) is 4.04. The van der Waals surface area contributed by atoms with E-state index >= 15 is 0 Å². The van der Waals surface area contributed by atoms with E-state index in [1.165, 1.54) is 10.7 Å². The molecule has 0 fully saturated rings. The number of nitrogens with two attached hydrogens (primary N) is 1. The molecular formula is C13H13N3O2. The van der Waals surface area contributed by atoms with Gasteiger partial charge >= 0.3 is 0 Å². The second-order valence-electron chi connectivity index (χ2n) is 3.84. The third kappa shape index (κ3) is 2.29. The Balaban J connectivity index is 2.38. The number of carbonyl (C=O) groups excluding carboxylic acids is 2. The number of benzene rings is 1. The summed E-state index contributed by atoms with van der Waals surface area (Å²) >= 11 is 0. The molecule has 0 bridgehead atoms. The highest BCUT2D eigenvalue weighted by atomic mass is 16.1. The van der Waals surface area contributed by atoms with Crippen LogP contribution in [0.2, 0.25) is 0 Å². The number of Topliss-reactive ketones (excluding diaryl/α,β-unsaturated/α-hetero) is 1. The van der Waals surface area contributed by atoms with Crippen molar-refractivity contribution in [1.82, 2.24) is 9.78 Å². The summed E-state index contributed by atoms with van der Waals surface area (Å²) in [5.74, 6) is -0.506. The van der Waals surface area contributed by atoms with Crippen molar-refractivity contribution in [2.45, 2.75) is 13.3 Å². The van der Waals surface area contributed by atoms with Gasteiger partial charge < -0.3 is 5.73 Å². The lowest BCUT2D eigenvalue weighted by atomic mass is 10.1. The Morgan fingerprint density at radius 2 is 2.11 bits per heavy atom. The van der Waals surface area contributed by atoms with Gasteiger partial charge in [0.25, 0.3) is 5.91 Å². The lowest BCUT2D eigenvalue weighted by molar-refractivity contribution is 0.0982. The number of hydrogen-bond donors (Lipinski definition) is 1. The fourth-order valence-corrected chi connectivity index (χ4v) is 1.63. The van der Waals surface area contributed by atoms with Crippen molar-refractivity contribution in [3.05, 3.63) is 47.8 Å². The van der Waals surface area contributed by atoms with Crippen molar-refractivity contribution in [1.29, 1.82) is 0 Å². The lowest BCUT2D eigenvalue weighted by Gasteiger charge is -2.03. The fourth-order valence-electron chi connectivity index (χ4n) is 1.63. The van der Waals surface area contributed by atoms with Gasteiger partial charge in [-0.1, -0.05) is 19.1 Å². The van der Waals surface area contributed by atoms with E-state index in [-0.39, 0.29) is 11.5 Å². The number of ketones is 1.